The van der Waals surface area contributed by atoms with Gasteiger partial charge in [0.15, 0.2) is 0 Å². The number of hydrogen-bond donors (Lipinski definition) is 1. The molecule has 4 rings (SSSR count). The Morgan fingerprint density at radius 1 is 0.870 bits per heavy atom. The highest BCUT2D eigenvalue weighted by molar-refractivity contribution is 7.92. The van der Waals surface area contributed by atoms with Crippen molar-refractivity contribution in [1.29, 1.82) is 0 Å². The van der Waals surface area contributed by atoms with Crippen LogP contribution >= 0.6 is 23.2 Å². The quantitative estimate of drug-likeness (QED) is 0.159. The van der Waals surface area contributed by atoms with Crippen molar-refractivity contribution in [3.63, 3.8) is 0 Å². The summed E-state index contributed by atoms with van der Waals surface area (Å²) in [6.45, 7) is 3.19. The third kappa shape index (κ3) is 8.60. The molecule has 0 spiro atoms. The lowest BCUT2D eigenvalue weighted by molar-refractivity contribution is -0.140. The lowest BCUT2D eigenvalue weighted by atomic mass is 10.0. The summed E-state index contributed by atoms with van der Waals surface area (Å²) in [5, 5.41) is 3.60. The van der Waals surface area contributed by atoms with E-state index in [4.69, 9.17) is 27.9 Å². The monoisotopic (exact) mass is 681 g/mol. The first-order chi connectivity index (χ1) is 22.0. The third-order valence-electron chi connectivity index (χ3n) is 7.60. The van der Waals surface area contributed by atoms with Gasteiger partial charge in [-0.2, -0.15) is 0 Å². The minimum Gasteiger partial charge on any atom is -0.495 e. The summed E-state index contributed by atoms with van der Waals surface area (Å²) >= 11 is 13.0. The molecular formula is C35H37Cl2N3O5S. The summed E-state index contributed by atoms with van der Waals surface area (Å²) < 4.78 is 34.5. The van der Waals surface area contributed by atoms with Crippen LogP contribution in [-0.4, -0.2) is 50.9 Å². The van der Waals surface area contributed by atoms with Crippen molar-refractivity contribution in [1.82, 2.24) is 10.2 Å². The molecule has 0 radical (unpaired) electrons. The largest absolute Gasteiger partial charge is 0.495 e. The number of nitrogens with one attached hydrogen (secondary N) is 1. The third-order valence-corrected chi connectivity index (χ3v) is 10.1. The summed E-state index contributed by atoms with van der Waals surface area (Å²) in [6.07, 6.45) is 0.878. The molecule has 0 aliphatic heterocycles. The van der Waals surface area contributed by atoms with Gasteiger partial charge in [-0.1, -0.05) is 96.9 Å². The maximum Gasteiger partial charge on any atom is 0.264 e. The van der Waals surface area contributed by atoms with E-state index in [1.54, 1.807) is 42.5 Å². The van der Waals surface area contributed by atoms with E-state index in [1.165, 1.54) is 42.3 Å². The Bertz CT molecular complexity index is 1740. The van der Waals surface area contributed by atoms with Crippen LogP contribution in [0.3, 0.4) is 0 Å². The molecule has 0 heterocycles. The Morgan fingerprint density at radius 2 is 1.50 bits per heavy atom. The Hall–Kier alpha value is -4.05. The Balaban J connectivity index is 1.83. The fraction of sp³-hybridized carbons (Fsp3) is 0.257. The van der Waals surface area contributed by atoms with Crippen LogP contribution in [0.15, 0.2) is 108 Å². The lowest BCUT2D eigenvalue weighted by Crippen LogP contribution is -2.54. The number of carbonyl (C=O) groups excluding carboxylic acids is 2. The zero-order chi connectivity index (χ0) is 33.3. The van der Waals surface area contributed by atoms with Gasteiger partial charge >= 0.3 is 0 Å². The summed E-state index contributed by atoms with van der Waals surface area (Å²) in [6, 6.07) is 27.6. The van der Waals surface area contributed by atoms with E-state index >= 15 is 0 Å². The predicted molar refractivity (Wildman–Crippen MR) is 183 cm³/mol. The molecule has 0 saturated carbocycles. The number of anilines is 1. The van der Waals surface area contributed by atoms with Crippen molar-refractivity contribution >= 4 is 50.7 Å². The second kappa shape index (κ2) is 16.0. The van der Waals surface area contributed by atoms with E-state index in [-0.39, 0.29) is 40.5 Å². The topological polar surface area (TPSA) is 96.0 Å². The molecular weight excluding hydrogens is 645 g/mol. The van der Waals surface area contributed by atoms with Crippen molar-refractivity contribution in [3.8, 4) is 5.75 Å². The van der Waals surface area contributed by atoms with Crippen LogP contribution in [0.2, 0.25) is 10.0 Å². The van der Waals surface area contributed by atoms with Crippen molar-refractivity contribution in [2.45, 2.75) is 50.2 Å². The lowest BCUT2D eigenvalue weighted by Gasteiger charge is -2.34. The number of methoxy groups -OCH3 is 1. The molecule has 0 bridgehead atoms. The van der Waals surface area contributed by atoms with Gasteiger partial charge in [-0.25, -0.2) is 8.42 Å². The van der Waals surface area contributed by atoms with Crippen LogP contribution < -0.4 is 14.4 Å². The molecule has 242 valence electrons. The molecule has 46 heavy (non-hydrogen) atoms. The summed E-state index contributed by atoms with van der Waals surface area (Å²) in [5.74, 6) is -0.617. The fourth-order valence-electron chi connectivity index (χ4n) is 4.86. The Morgan fingerprint density at radius 3 is 2.11 bits per heavy atom. The molecule has 11 heteroatoms. The maximum atomic E-state index is 14.6. The van der Waals surface area contributed by atoms with Gasteiger partial charge in [0.2, 0.25) is 11.8 Å². The number of carbonyl (C=O) groups is 2. The van der Waals surface area contributed by atoms with Crippen LogP contribution in [-0.2, 0) is 32.6 Å². The first-order valence-electron chi connectivity index (χ1n) is 14.8. The molecule has 0 aliphatic rings. The highest BCUT2D eigenvalue weighted by atomic mass is 35.5. The second-order valence-corrected chi connectivity index (χ2v) is 13.5. The number of sulfonamides is 1. The average molecular weight is 683 g/mol. The van der Waals surface area contributed by atoms with Gasteiger partial charge in [0.05, 0.1) is 22.7 Å². The highest BCUT2D eigenvalue weighted by Crippen LogP contribution is 2.32. The molecule has 0 aromatic heterocycles. The summed E-state index contributed by atoms with van der Waals surface area (Å²) in [7, 11) is -2.82. The number of ether oxygens (including phenoxy) is 1. The highest BCUT2D eigenvalue weighted by Gasteiger charge is 2.35. The van der Waals surface area contributed by atoms with Crippen LogP contribution in [0.25, 0.3) is 0 Å². The van der Waals surface area contributed by atoms with Crippen molar-refractivity contribution in [2.24, 2.45) is 0 Å². The van der Waals surface area contributed by atoms with Gasteiger partial charge in [-0.3, -0.25) is 13.9 Å². The smallest absolute Gasteiger partial charge is 0.264 e. The van der Waals surface area contributed by atoms with E-state index in [1.807, 2.05) is 44.2 Å². The fourth-order valence-corrected chi connectivity index (χ4v) is 6.74. The molecule has 0 aliphatic carbocycles. The molecule has 0 saturated heterocycles. The second-order valence-electron chi connectivity index (χ2n) is 10.8. The van der Waals surface area contributed by atoms with Gasteiger partial charge in [-0.15, -0.1) is 0 Å². The average Bonchev–Trinajstić information content (AvgIpc) is 3.06. The van der Waals surface area contributed by atoms with Gasteiger partial charge in [0, 0.05) is 24.0 Å². The van der Waals surface area contributed by atoms with Gasteiger partial charge < -0.3 is 15.0 Å². The molecule has 2 amide bonds. The Kier molecular flexibility index (Phi) is 12.1. The minimum absolute atomic E-state index is 0.0113. The maximum absolute atomic E-state index is 14.6. The zero-order valence-corrected chi connectivity index (χ0v) is 28.2. The molecule has 2 atom stereocenters. The normalized spacial score (nSPS) is 12.5. The number of rotatable bonds is 14. The molecule has 0 fully saturated rings. The molecule has 8 nitrogen and oxygen atoms in total. The van der Waals surface area contributed by atoms with Crippen LogP contribution in [0.1, 0.15) is 31.4 Å². The molecule has 2 unspecified atom stereocenters. The SMILES string of the molecule is CCC(C)NC(=O)C(Cc1ccccc1)N(Cc1ccccc1Cl)C(=O)CN(c1ccc(OC)c(Cl)c1)S(=O)(=O)c1ccccc1. The van der Waals surface area contributed by atoms with Crippen molar-refractivity contribution in [2.75, 3.05) is 18.0 Å². The van der Waals surface area contributed by atoms with Crippen molar-refractivity contribution < 1.29 is 22.7 Å². The van der Waals surface area contributed by atoms with Crippen molar-refractivity contribution in [3.05, 3.63) is 124 Å². The predicted octanol–water partition coefficient (Wildman–Crippen LogP) is 6.75. The summed E-state index contributed by atoms with van der Waals surface area (Å²) in [4.78, 5) is 29.9. The number of nitrogens with zero attached hydrogens (tertiary/aromatic N) is 2. The van der Waals surface area contributed by atoms with Gasteiger partial charge in [0.25, 0.3) is 10.0 Å². The van der Waals surface area contributed by atoms with E-state index in [9.17, 15) is 18.0 Å². The van der Waals surface area contributed by atoms with E-state index in [2.05, 4.69) is 5.32 Å². The van der Waals surface area contributed by atoms with Crippen LogP contribution in [0.4, 0.5) is 5.69 Å². The van der Waals surface area contributed by atoms with Crippen LogP contribution in [0, 0.1) is 0 Å². The Labute approximate surface area is 280 Å². The first kappa shape index (κ1) is 34.8. The van der Waals surface area contributed by atoms with E-state index < -0.39 is 28.5 Å². The number of amides is 2. The molecule has 1 N–H and O–H groups in total. The standard InChI is InChI=1S/C35H37Cl2N3O5S/c1-4-25(2)38-35(42)32(21-26-13-7-5-8-14-26)39(23-27-15-11-12-18-30(27)36)34(41)24-40(28-19-20-33(45-3)31(37)22-28)46(43,44)29-16-9-6-10-17-29/h5-20,22,25,32H,4,21,23-24H2,1-3H3,(H,38,42). The van der Waals surface area contributed by atoms with E-state index in [0.717, 1.165) is 9.87 Å². The number of halogens is 2. The molecule has 4 aromatic carbocycles. The van der Waals surface area contributed by atoms with E-state index in [0.29, 0.717) is 22.8 Å². The van der Waals surface area contributed by atoms with Gasteiger partial charge in [0.1, 0.15) is 18.3 Å². The zero-order valence-electron chi connectivity index (χ0n) is 25.9. The molecule has 4 aromatic rings. The van der Waals surface area contributed by atoms with Crippen LogP contribution in [0.5, 0.6) is 5.75 Å². The summed E-state index contributed by atoms with van der Waals surface area (Å²) in [5.41, 5.74) is 1.60. The van der Waals surface area contributed by atoms with Gasteiger partial charge in [-0.05, 0) is 60.9 Å². The first-order valence-corrected chi connectivity index (χ1v) is 17.0. The number of benzene rings is 4. The minimum atomic E-state index is -4.27. The number of hydrogen-bond acceptors (Lipinski definition) is 5.